The number of benzene rings is 1. The van der Waals surface area contributed by atoms with Gasteiger partial charge in [0.25, 0.3) is 5.91 Å². The van der Waals surface area contributed by atoms with Crippen LogP contribution in [0.4, 0.5) is 5.69 Å². The van der Waals surface area contributed by atoms with Gasteiger partial charge >= 0.3 is 0 Å². The van der Waals surface area contributed by atoms with Crippen LogP contribution in [0.2, 0.25) is 0 Å². The Balaban J connectivity index is 3.06. The Morgan fingerprint density at radius 3 is 2.47 bits per heavy atom. The van der Waals surface area contributed by atoms with Crippen LogP contribution in [0.15, 0.2) is 24.3 Å². The molecule has 0 aliphatic rings. The lowest BCUT2D eigenvalue weighted by Crippen LogP contribution is -2.47. The zero-order valence-electron chi connectivity index (χ0n) is 12.4. The highest BCUT2D eigenvalue weighted by molar-refractivity contribution is 5.99. The first-order valence-electron chi connectivity index (χ1n) is 6.54. The van der Waals surface area contributed by atoms with Crippen LogP contribution >= 0.6 is 0 Å². The molecule has 4 heteroatoms. The van der Waals surface area contributed by atoms with E-state index in [9.17, 15) is 9.90 Å². The Hall–Kier alpha value is -1.55. The highest BCUT2D eigenvalue weighted by atomic mass is 16.3. The van der Waals surface area contributed by atoms with Crippen molar-refractivity contribution in [1.82, 2.24) is 4.90 Å². The molecular weight excluding hydrogens is 240 g/mol. The summed E-state index contributed by atoms with van der Waals surface area (Å²) < 4.78 is 0. The molecule has 0 aliphatic heterocycles. The van der Waals surface area contributed by atoms with E-state index in [-0.39, 0.29) is 18.6 Å². The van der Waals surface area contributed by atoms with Crippen molar-refractivity contribution in [2.45, 2.75) is 39.3 Å². The molecule has 106 valence electrons. The van der Waals surface area contributed by atoms with Crippen molar-refractivity contribution in [3.05, 3.63) is 29.8 Å². The van der Waals surface area contributed by atoms with Gasteiger partial charge in [-0.05, 0) is 39.8 Å². The maximum atomic E-state index is 12.5. The van der Waals surface area contributed by atoms with Gasteiger partial charge in [-0.25, -0.2) is 0 Å². The highest BCUT2D eigenvalue weighted by Crippen LogP contribution is 2.21. The number of carbonyl (C=O) groups excluding carboxylic acids is 1. The number of amides is 1. The minimum Gasteiger partial charge on any atom is -0.394 e. The molecule has 4 nitrogen and oxygen atoms in total. The Morgan fingerprint density at radius 1 is 1.37 bits per heavy atom. The van der Waals surface area contributed by atoms with Crippen molar-refractivity contribution in [3.8, 4) is 0 Å². The topological polar surface area (TPSA) is 52.6 Å². The molecule has 0 bridgehead atoms. The van der Waals surface area contributed by atoms with Crippen LogP contribution in [0.3, 0.4) is 0 Å². The van der Waals surface area contributed by atoms with Crippen molar-refractivity contribution in [1.29, 1.82) is 0 Å². The molecule has 0 fully saturated rings. The standard InChI is InChI=1S/C15H24N2O2/c1-11(2)16-13-9-7-6-8-12(13)14(19)17(5)15(3,4)10-18/h6-9,11,16,18H,10H2,1-5H3. The number of hydrogen-bond acceptors (Lipinski definition) is 3. The van der Waals surface area contributed by atoms with Crippen LogP contribution in [-0.2, 0) is 0 Å². The second-order valence-electron chi connectivity index (χ2n) is 5.68. The second kappa shape index (κ2) is 6.06. The summed E-state index contributed by atoms with van der Waals surface area (Å²) in [5, 5.41) is 12.6. The number of likely N-dealkylation sites (N-methyl/N-ethyl adjacent to an activating group) is 1. The fourth-order valence-electron chi connectivity index (χ4n) is 1.67. The second-order valence-corrected chi connectivity index (χ2v) is 5.68. The van der Waals surface area contributed by atoms with Gasteiger partial charge in [-0.2, -0.15) is 0 Å². The van der Waals surface area contributed by atoms with Gasteiger partial charge in [-0.15, -0.1) is 0 Å². The minimum absolute atomic E-state index is 0.0744. The van der Waals surface area contributed by atoms with E-state index in [1.165, 1.54) is 0 Å². The molecule has 0 spiro atoms. The SMILES string of the molecule is CC(C)Nc1ccccc1C(=O)N(C)C(C)(C)CO. The highest BCUT2D eigenvalue weighted by Gasteiger charge is 2.28. The van der Waals surface area contributed by atoms with Crippen LogP contribution in [-0.4, -0.2) is 41.1 Å². The lowest BCUT2D eigenvalue weighted by Gasteiger charge is -2.34. The van der Waals surface area contributed by atoms with Crippen LogP contribution in [0.1, 0.15) is 38.1 Å². The lowest BCUT2D eigenvalue weighted by atomic mass is 10.0. The van der Waals surface area contributed by atoms with Crippen LogP contribution < -0.4 is 5.32 Å². The molecule has 0 aromatic heterocycles. The van der Waals surface area contributed by atoms with E-state index in [4.69, 9.17) is 0 Å². The summed E-state index contributed by atoms with van der Waals surface area (Å²) in [4.78, 5) is 14.1. The fraction of sp³-hybridized carbons (Fsp3) is 0.533. The molecular formula is C15H24N2O2. The zero-order valence-corrected chi connectivity index (χ0v) is 12.4. The van der Waals surface area contributed by atoms with E-state index in [1.54, 1.807) is 18.0 Å². The summed E-state index contributed by atoms with van der Waals surface area (Å²) in [5.74, 6) is -0.0946. The smallest absolute Gasteiger partial charge is 0.256 e. The summed E-state index contributed by atoms with van der Waals surface area (Å²) in [6, 6.07) is 7.70. The van der Waals surface area contributed by atoms with Gasteiger partial charge in [0.1, 0.15) is 0 Å². The summed E-state index contributed by atoms with van der Waals surface area (Å²) in [7, 11) is 1.71. The molecule has 1 amide bonds. The number of aliphatic hydroxyl groups is 1. The van der Waals surface area contributed by atoms with E-state index < -0.39 is 5.54 Å². The van der Waals surface area contributed by atoms with E-state index in [1.807, 2.05) is 45.9 Å². The summed E-state index contributed by atoms with van der Waals surface area (Å²) >= 11 is 0. The van der Waals surface area contributed by atoms with Crippen molar-refractivity contribution < 1.29 is 9.90 Å². The number of nitrogens with zero attached hydrogens (tertiary/aromatic N) is 1. The average Bonchev–Trinajstić information content (AvgIpc) is 2.37. The summed E-state index contributed by atoms with van der Waals surface area (Å²) in [6.07, 6.45) is 0. The van der Waals surface area contributed by atoms with E-state index in [0.717, 1.165) is 5.69 Å². The largest absolute Gasteiger partial charge is 0.394 e. The minimum atomic E-state index is -0.581. The number of rotatable bonds is 5. The zero-order chi connectivity index (χ0) is 14.6. The maximum absolute atomic E-state index is 12.5. The Kier molecular flexibility index (Phi) is 4.95. The molecule has 0 atom stereocenters. The van der Waals surface area contributed by atoms with Crippen molar-refractivity contribution in [2.24, 2.45) is 0 Å². The number of para-hydroxylation sites is 1. The third-order valence-corrected chi connectivity index (χ3v) is 3.20. The lowest BCUT2D eigenvalue weighted by molar-refractivity contribution is 0.0474. The molecule has 1 aromatic carbocycles. The number of anilines is 1. The molecule has 1 rings (SSSR count). The molecule has 0 unspecified atom stereocenters. The van der Waals surface area contributed by atoms with E-state index in [0.29, 0.717) is 5.56 Å². The van der Waals surface area contributed by atoms with Gasteiger partial charge in [0.15, 0.2) is 0 Å². The summed E-state index contributed by atoms with van der Waals surface area (Å²) in [5.41, 5.74) is 0.866. The quantitative estimate of drug-likeness (QED) is 0.858. The predicted molar refractivity (Wildman–Crippen MR) is 78.5 cm³/mol. The number of nitrogens with one attached hydrogen (secondary N) is 1. The van der Waals surface area contributed by atoms with E-state index in [2.05, 4.69) is 5.32 Å². The van der Waals surface area contributed by atoms with Gasteiger partial charge in [0.2, 0.25) is 0 Å². The van der Waals surface area contributed by atoms with Gasteiger partial charge in [0.05, 0.1) is 17.7 Å². The third kappa shape index (κ3) is 3.70. The molecule has 0 saturated heterocycles. The van der Waals surface area contributed by atoms with Crippen LogP contribution in [0, 0.1) is 0 Å². The van der Waals surface area contributed by atoms with Gasteiger partial charge in [0, 0.05) is 18.8 Å². The maximum Gasteiger partial charge on any atom is 0.256 e. The normalized spacial score (nSPS) is 11.5. The van der Waals surface area contributed by atoms with Gasteiger partial charge in [-0.3, -0.25) is 4.79 Å². The molecule has 0 heterocycles. The number of aliphatic hydroxyl groups excluding tert-OH is 1. The van der Waals surface area contributed by atoms with Crippen molar-refractivity contribution in [3.63, 3.8) is 0 Å². The molecule has 0 aliphatic carbocycles. The molecule has 1 aromatic rings. The monoisotopic (exact) mass is 264 g/mol. The number of carbonyl (C=O) groups is 1. The van der Waals surface area contributed by atoms with Crippen molar-refractivity contribution >= 4 is 11.6 Å². The Bertz CT molecular complexity index is 442. The predicted octanol–water partition coefficient (Wildman–Crippen LogP) is 2.35. The number of hydrogen-bond donors (Lipinski definition) is 2. The fourth-order valence-corrected chi connectivity index (χ4v) is 1.67. The van der Waals surface area contributed by atoms with Crippen LogP contribution in [0.25, 0.3) is 0 Å². The molecule has 0 saturated carbocycles. The molecule has 19 heavy (non-hydrogen) atoms. The third-order valence-electron chi connectivity index (χ3n) is 3.20. The van der Waals surface area contributed by atoms with Gasteiger partial charge in [-0.1, -0.05) is 12.1 Å². The first kappa shape index (κ1) is 15.5. The average molecular weight is 264 g/mol. The summed E-state index contributed by atoms with van der Waals surface area (Å²) in [6.45, 7) is 7.66. The molecule has 0 radical (unpaired) electrons. The van der Waals surface area contributed by atoms with Gasteiger partial charge < -0.3 is 15.3 Å². The Morgan fingerprint density at radius 2 is 1.95 bits per heavy atom. The first-order valence-corrected chi connectivity index (χ1v) is 6.54. The van der Waals surface area contributed by atoms with Crippen molar-refractivity contribution in [2.75, 3.05) is 19.0 Å². The first-order chi connectivity index (χ1) is 8.79. The molecule has 2 N–H and O–H groups in total. The Labute approximate surface area is 115 Å². The van der Waals surface area contributed by atoms with Crippen LogP contribution in [0.5, 0.6) is 0 Å². The van der Waals surface area contributed by atoms with E-state index >= 15 is 0 Å².